The maximum Gasteiger partial charge on any atom is 0.282 e. The van der Waals surface area contributed by atoms with Crippen molar-refractivity contribution in [2.75, 3.05) is 13.3 Å². The van der Waals surface area contributed by atoms with Gasteiger partial charge in [-0.05, 0) is 12.1 Å². The maximum atomic E-state index is 11.5. The van der Waals surface area contributed by atoms with Crippen molar-refractivity contribution in [3.05, 3.63) is 79.4 Å². The summed E-state index contributed by atoms with van der Waals surface area (Å²) in [5.74, 6) is 0.789. The van der Waals surface area contributed by atoms with Gasteiger partial charge in [-0.2, -0.15) is 5.10 Å². The lowest BCUT2D eigenvalue weighted by molar-refractivity contribution is -0.385. The largest absolute Gasteiger partial charge is 0.454 e. The standard InChI is InChI=1S/C20H15BrN4O4S/c1-2-7-22-20-24(17(11-30-20)14-5-3-4-6-15(14)21)23-10-13-8-18-19(29-12-28-18)9-16(13)25(26)27/h2-6,8-11H,1,7,12H2. The van der Waals surface area contributed by atoms with Crippen molar-refractivity contribution in [1.29, 1.82) is 0 Å². The number of nitro groups is 1. The van der Waals surface area contributed by atoms with Gasteiger partial charge in [0.1, 0.15) is 0 Å². The Kier molecular flexibility index (Phi) is 5.77. The highest BCUT2D eigenvalue weighted by Gasteiger charge is 2.22. The quantitative estimate of drug-likeness (QED) is 0.220. The lowest BCUT2D eigenvalue weighted by Crippen LogP contribution is -2.12. The van der Waals surface area contributed by atoms with E-state index in [1.54, 1.807) is 16.8 Å². The average molecular weight is 487 g/mol. The van der Waals surface area contributed by atoms with Gasteiger partial charge in [0.05, 0.1) is 35.0 Å². The fraction of sp³-hybridized carbons (Fsp3) is 0.100. The molecule has 0 N–H and O–H groups in total. The molecule has 0 radical (unpaired) electrons. The Labute approximate surface area is 183 Å². The van der Waals surface area contributed by atoms with Crippen LogP contribution in [0.3, 0.4) is 0 Å². The molecular formula is C20H15BrN4O4S. The molecule has 2 aromatic carbocycles. The molecule has 0 bridgehead atoms. The smallest absolute Gasteiger partial charge is 0.282 e. The van der Waals surface area contributed by atoms with Crippen LogP contribution in [0.5, 0.6) is 11.5 Å². The zero-order valence-corrected chi connectivity index (χ0v) is 17.9. The van der Waals surface area contributed by atoms with E-state index in [9.17, 15) is 10.1 Å². The lowest BCUT2D eigenvalue weighted by atomic mass is 10.1. The average Bonchev–Trinajstić information content (AvgIpc) is 3.36. The molecule has 1 aliphatic heterocycles. The molecule has 3 aromatic rings. The predicted octanol–water partition coefficient (Wildman–Crippen LogP) is 4.58. The summed E-state index contributed by atoms with van der Waals surface area (Å²) in [5.41, 5.74) is 1.91. The molecular weight excluding hydrogens is 472 g/mol. The summed E-state index contributed by atoms with van der Waals surface area (Å²) in [7, 11) is 0. The minimum absolute atomic E-state index is 0.0309. The van der Waals surface area contributed by atoms with Gasteiger partial charge in [-0.25, -0.2) is 4.68 Å². The number of hydrogen-bond donors (Lipinski definition) is 0. The first-order chi connectivity index (χ1) is 14.6. The number of nitrogens with zero attached hydrogens (tertiary/aromatic N) is 4. The molecule has 30 heavy (non-hydrogen) atoms. The summed E-state index contributed by atoms with van der Waals surface area (Å²) in [4.78, 5) is 16.2. The number of thiazole rings is 1. The molecule has 4 rings (SSSR count). The van der Waals surface area contributed by atoms with Crippen LogP contribution in [0.1, 0.15) is 5.56 Å². The van der Waals surface area contributed by atoms with Crippen molar-refractivity contribution in [2.45, 2.75) is 0 Å². The zero-order chi connectivity index (χ0) is 21.1. The summed E-state index contributed by atoms with van der Waals surface area (Å²) in [5, 5.41) is 18.0. The molecule has 0 saturated carbocycles. The third-order valence-electron chi connectivity index (χ3n) is 4.22. The number of rotatable bonds is 6. The Balaban J connectivity index is 1.84. The first-order valence-electron chi connectivity index (χ1n) is 8.77. The fourth-order valence-corrected chi connectivity index (χ4v) is 4.17. The molecule has 0 saturated heterocycles. The second kappa shape index (κ2) is 8.64. The van der Waals surface area contributed by atoms with E-state index in [1.165, 1.54) is 23.6 Å². The molecule has 1 aromatic heterocycles. The van der Waals surface area contributed by atoms with Gasteiger partial charge in [-0.15, -0.1) is 17.9 Å². The predicted molar refractivity (Wildman–Crippen MR) is 118 cm³/mol. The Morgan fingerprint density at radius 1 is 1.30 bits per heavy atom. The van der Waals surface area contributed by atoms with Gasteiger partial charge < -0.3 is 9.47 Å². The van der Waals surface area contributed by atoms with E-state index in [4.69, 9.17) is 9.47 Å². The van der Waals surface area contributed by atoms with Crippen molar-refractivity contribution < 1.29 is 14.4 Å². The van der Waals surface area contributed by atoms with Crippen LogP contribution in [0.25, 0.3) is 11.3 Å². The van der Waals surface area contributed by atoms with Gasteiger partial charge in [-0.1, -0.05) is 40.2 Å². The van der Waals surface area contributed by atoms with Crippen LogP contribution < -0.4 is 14.3 Å². The molecule has 0 spiro atoms. The lowest BCUT2D eigenvalue weighted by Gasteiger charge is -2.06. The van der Waals surface area contributed by atoms with E-state index in [2.05, 4.69) is 32.6 Å². The summed E-state index contributed by atoms with van der Waals surface area (Å²) >= 11 is 4.98. The van der Waals surface area contributed by atoms with Gasteiger partial charge >= 0.3 is 0 Å². The molecule has 0 amide bonds. The van der Waals surface area contributed by atoms with Crippen LogP contribution >= 0.6 is 27.3 Å². The van der Waals surface area contributed by atoms with Crippen LogP contribution in [0.2, 0.25) is 0 Å². The van der Waals surface area contributed by atoms with Crippen molar-refractivity contribution in [3.63, 3.8) is 0 Å². The summed E-state index contributed by atoms with van der Waals surface area (Å²) < 4.78 is 13.1. The van der Waals surface area contributed by atoms with E-state index >= 15 is 0 Å². The first kappa shape index (κ1) is 20.0. The summed E-state index contributed by atoms with van der Waals surface area (Å²) in [6.07, 6.45) is 3.12. The first-order valence-corrected chi connectivity index (χ1v) is 10.4. The normalized spacial score (nSPS) is 13.2. The Morgan fingerprint density at radius 2 is 2.07 bits per heavy atom. The van der Waals surface area contributed by atoms with Crippen LogP contribution in [0.4, 0.5) is 5.69 Å². The van der Waals surface area contributed by atoms with Crippen molar-refractivity contribution >= 4 is 39.2 Å². The summed E-state index contributed by atoms with van der Waals surface area (Å²) in [6.45, 7) is 4.15. The molecule has 0 fully saturated rings. The minimum atomic E-state index is -0.473. The monoisotopic (exact) mass is 486 g/mol. The Morgan fingerprint density at radius 3 is 2.80 bits per heavy atom. The molecule has 10 heteroatoms. The Bertz CT molecular complexity index is 1230. The van der Waals surface area contributed by atoms with E-state index in [-0.39, 0.29) is 12.5 Å². The molecule has 1 aliphatic rings. The molecule has 0 atom stereocenters. The number of fused-ring (bicyclic) bond motifs is 1. The second-order valence-electron chi connectivity index (χ2n) is 6.09. The number of ether oxygens (including phenoxy) is 2. The van der Waals surface area contributed by atoms with Gasteiger partial charge in [0.15, 0.2) is 11.5 Å². The molecule has 0 unspecified atom stereocenters. The van der Waals surface area contributed by atoms with E-state index in [0.29, 0.717) is 28.4 Å². The SMILES string of the molecule is C=CCN=c1scc(-c2ccccc2Br)n1N=Cc1cc2c(cc1[N+](=O)[O-])OCO2. The van der Waals surface area contributed by atoms with Gasteiger partial charge in [0.2, 0.25) is 11.6 Å². The van der Waals surface area contributed by atoms with Gasteiger partial charge in [0, 0.05) is 15.4 Å². The molecule has 152 valence electrons. The minimum Gasteiger partial charge on any atom is -0.454 e. The maximum absolute atomic E-state index is 11.5. The highest BCUT2D eigenvalue weighted by molar-refractivity contribution is 9.10. The van der Waals surface area contributed by atoms with E-state index in [1.807, 2.05) is 29.6 Å². The van der Waals surface area contributed by atoms with Crippen LogP contribution in [-0.2, 0) is 0 Å². The van der Waals surface area contributed by atoms with E-state index < -0.39 is 4.92 Å². The number of aromatic nitrogens is 1. The number of benzene rings is 2. The van der Waals surface area contributed by atoms with Gasteiger partial charge in [0.25, 0.3) is 5.69 Å². The number of halogens is 1. The summed E-state index contributed by atoms with van der Waals surface area (Å²) in [6, 6.07) is 10.6. The molecule has 0 aliphatic carbocycles. The molecule has 8 nitrogen and oxygen atoms in total. The van der Waals surface area contributed by atoms with Crippen molar-refractivity contribution in [3.8, 4) is 22.8 Å². The fourth-order valence-electron chi connectivity index (χ4n) is 2.84. The van der Waals surface area contributed by atoms with E-state index in [0.717, 1.165) is 15.7 Å². The highest BCUT2D eigenvalue weighted by Crippen LogP contribution is 2.37. The van der Waals surface area contributed by atoms with Crippen LogP contribution in [0, 0.1) is 10.1 Å². The van der Waals surface area contributed by atoms with Crippen LogP contribution in [-0.4, -0.2) is 29.2 Å². The topological polar surface area (TPSA) is 91.2 Å². The molecule has 2 heterocycles. The third kappa shape index (κ3) is 3.91. The van der Waals surface area contributed by atoms with Crippen LogP contribution in [0.15, 0.2) is 69.0 Å². The third-order valence-corrected chi connectivity index (χ3v) is 5.77. The second-order valence-corrected chi connectivity index (χ2v) is 7.78. The van der Waals surface area contributed by atoms with Gasteiger partial charge in [-0.3, -0.25) is 15.1 Å². The van der Waals surface area contributed by atoms with Crippen molar-refractivity contribution in [2.24, 2.45) is 10.1 Å². The highest BCUT2D eigenvalue weighted by atomic mass is 79.9. The van der Waals surface area contributed by atoms with Crippen molar-refractivity contribution in [1.82, 2.24) is 4.68 Å². The zero-order valence-electron chi connectivity index (χ0n) is 15.5. The Hall–Kier alpha value is -3.24. The number of hydrogen-bond acceptors (Lipinski definition) is 7. The number of nitro benzene ring substituents is 1.